The van der Waals surface area contributed by atoms with Crippen molar-refractivity contribution in [1.82, 2.24) is 9.55 Å². The van der Waals surface area contributed by atoms with E-state index < -0.39 is 22.3 Å². The van der Waals surface area contributed by atoms with Crippen molar-refractivity contribution in [3.8, 4) is 5.88 Å². The van der Waals surface area contributed by atoms with Gasteiger partial charge in [-0.3, -0.25) is 18.6 Å². The van der Waals surface area contributed by atoms with Gasteiger partial charge < -0.3 is 14.6 Å². The van der Waals surface area contributed by atoms with Crippen LogP contribution in [0.4, 0.5) is 5.00 Å². The molecule has 0 amide bonds. The van der Waals surface area contributed by atoms with Crippen LogP contribution in [0.1, 0.15) is 34.8 Å². The number of H-pyrrole nitrogens is 1. The average Bonchev–Trinajstić information content (AvgIpc) is 3.07. The number of rotatable bonds is 7. The molecule has 0 spiro atoms. The summed E-state index contributed by atoms with van der Waals surface area (Å²) in [4.78, 5) is 31.6. The molecule has 1 atom stereocenters. The van der Waals surface area contributed by atoms with Gasteiger partial charge in [0.05, 0.1) is 34.8 Å². The predicted octanol–water partition coefficient (Wildman–Crippen LogP) is 2.30. The molecule has 0 unspecified atom stereocenters. The zero-order valence-corrected chi connectivity index (χ0v) is 18.9. The van der Waals surface area contributed by atoms with Crippen molar-refractivity contribution in [3.63, 3.8) is 0 Å². The van der Waals surface area contributed by atoms with Gasteiger partial charge in [-0.1, -0.05) is 0 Å². The third-order valence-electron chi connectivity index (χ3n) is 4.43. The molecule has 0 aromatic carbocycles. The first-order chi connectivity index (χ1) is 14.4. The Morgan fingerprint density at radius 3 is 2.97 bits per heavy atom. The third-order valence-corrected chi connectivity index (χ3v) is 7.82. The minimum atomic E-state index is -1.20. The van der Waals surface area contributed by atoms with Gasteiger partial charge in [0.25, 0.3) is 5.56 Å². The van der Waals surface area contributed by atoms with Crippen LogP contribution in [-0.4, -0.2) is 57.1 Å². The summed E-state index contributed by atoms with van der Waals surface area (Å²) in [5.74, 6) is -0.374. The highest BCUT2D eigenvalue weighted by atomic mass is 32.2. The quantitative estimate of drug-likeness (QED) is 0.361. The SMILES string of the molecule is CCOC(=O)c1c(N=Cc2c(O)n(CCOC)c(=S)[nH]c2=O)sc2c1CCC[S@@]2=O. The van der Waals surface area contributed by atoms with E-state index in [1.807, 2.05) is 0 Å². The second kappa shape index (κ2) is 9.77. The normalized spacial score (nSPS) is 16.0. The molecule has 0 aliphatic carbocycles. The summed E-state index contributed by atoms with van der Waals surface area (Å²) in [7, 11) is 0.303. The van der Waals surface area contributed by atoms with Crippen LogP contribution in [-0.2, 0) is 33.2 Å². The molecular formula is C18H21N3O6S3. The number of methoxy groups -OCH3 is 1. The van der Waals surface area contributed by atoms with Crippen LogP contribution in [0.3, 0.4) is 0 Å². The number of aromatic nitrogens is 2. The standard InChI is InChI=1S/C18H21N3O6S3/c1-3-27-16(24)12-10-5-4-8-30(25)17(10)29-14(12)19-9-11-13(22)20-18(28)21(15(11)23)6-7-26-2/h9,23H,3-8H2,1-2H3,(H,20,22,28)/t30-/m0/s1. The lowest BCUT2D eigenvalue weighted by Crippen LogP contribution is -2.20. The van der Waals surface area contributed by atoms with Crippen LogP contribution in [0.25, 0.3) is 0 Å². The van der Waals surface area contributed by atoms with Gasteiger partial charge in [-0.25, -0.2) is 9.79 Å². The second-order valence-electron chi connectivity index (χ2n) is 6.32. The first-order valence-electron chi connectivity index (χ1n) is 9.19. The highest BCUT2D eigenvalue weighted by Gasteiger charge is 2.29. The molecule has 3 heterocycles. The lowest BCUT2D eigenvalue weighted by molar-refractivity contribution is 0.0526. The number of hydrogen-bond acceptors (Lipinski definition) is 9. The first kappa shape index (κ1) is 22.5. The number of aliphatic imine (C=N–C) groups is 1. The minimum absolute atomic E-state index is 0.0564. The number of aromatic hydroxyl groups is 1. The topological polar surface area (TPSA) is 123 Å². The van der Waals surface area contributed by atoms with Gasteiger partial charge in [-0.2, -0.15) is 0 Å². The molecule has 30 heavy (non-hydrogen) atoms. The predicted molar refractivity (Wildman–Crippen MR) is 117 cm³/mol. The molecule has 162 valence electrons. The molecule has 2 aromatic heterocycles. The minimum Gasteiger partial charge on any atom is -0.494 e. The lowest BCUT2D eigenvalue weighted by atomic mass is 10.1. The molecule has 1 aliphatic heterocycles. The fourth-order valence-corrected chi connectivity index (χ4v) is 6.14. The summed E-state index contributed by atoms with van der Waals surface area (Å²) >= 11 is 6.22. The number of esters is 1. The molecule has 0 fully saturated rings. The first-order valence-corrected chi connectivity index (χ1v) is 11.7. The van der Waals surface area contributed by atoms with Crippen molar-refractivity contribution in [2.45, 2.75) is 30.5 Å². The molecule has 3 rings (SSSR count). The Kier molecular flexibility index (Phi) is 7.34. The van der Waals surface area contributed by atoms with Crippen LogP contribution in [0.2, 0.25) is 0 Å². The van der Waals surface area contributed by atoms with Gasteiger partial charge in [-0.15, -0.1) is 11.3 Å². The van der Waals surface area contributed by atoms with Crippen molar-refractivity contribution >= 4 is 51.5 Å². The van der Waals surface area contributed by atoms with E-state index in [0.29, 0.717) is 33.4 Å². The second-order valence-corrected chi connectivity index (χ2v) is 9.47. The van der Waals surface area contributed by atoms with Crippen molar-refractivity contribution in [3.05, 3.63) is 31.8 Å². The highest BCUT2D eigenvalue weighted by molar-refractivity contribution is 7.87. The zero-order chi connectivity index (χ0) is 21.8. The van der Waals surface area contributed by atoms with Crippen molar-refractivity contribution in [1.29, 1.82) is 0 Å². The van der Waals surface area contributed by atoms with E-state index in [1.165, 1.54) is 17.9 Å². The van der Waals surface area contributed by atoms with Gasteiger partial charge >= 0.3 is 5.97 Å². The van der Waals surface area contributed by atoms with E-state index in [4.69, 9.17) is 21.7 Å². The van der Waals surface area contributed by atoms with E-state index in [-0.39, 0.29) is 41.5 Å². The third kappa shape index (κ3) is 4.46. The molecule has 9 nitrogen and oxygen atoms in total. The molecule has 0 radical (unpaired) electrons. The fraction of sp³-hybridized carbons (Fsp3) is 0.444. The van der Waals surface area contributed by atoms with E-state index in [2.05, 4.69) is 9.98 Å². The molecule has 12 heteroatoms. The summed E-state index contributed by atoms with van der Waals surface area (Å²) in [5.41, 5.74) is 0.230. The van der Waals surface area contributed by atoms with Crippen LogP contribution in [0.5, 0.6) is 5.88 Å². The average molecular weight is 472 g/mol. The van der Waals surface area contributed by atoms with Crippen molar-refractivity contribution in [2.75, 3.05) is 26.1 Å². The van der Waals surface area contributed by atoms with Gasteiger partial charge in [0, 0.05) is 19.1 Å². The lowest BCUT2D eigenvalue weighted by Gasteiger charge is -2.11. The van der Waals surface area contributed by atoms with Gasteiger partial charge in [0.1, 0.15) is 16.1 Å². The maximum absolute atomic E-state index is 12.5. The Labute approximate surface area is 183 Å². The largest absolute Gasteiger partial charge is 0.494 e. The molecule has 2 aromatic rings. The number of carbonyl (C=O) groups is 1. The van der Waals surface area contributed by atoms with Crippen LogP contribution < -0.4 is 5.56 Å². The number of hydrogen-bond donors (Lipinski definition) is 2. The number of fused-ring (bicyclic) bond motifs is 1. The number of aromatic amines is 1. The Bertz CT molecular complexity index is 1130. The molecular weight excluding hydrogens is 450 g/mol. The Hall–Kier alpha value is -2.15. The number of thiophene rings is 1. The summed E-state index contributed by atoms with van der Waals surface area (Å²) in [6.07, 6.45) is 2.48. The Balaban J connectivity index is 2.09. The highest BCUT2D eigenvalue weighted by Crippen LogP contribution is 2.41. The molecule has 0 bridgehead atoms. The van der Waals surface area contributed by atoms with Crippen molar-refractivity contribution in [2.24, 2.45) is 4.99 Å². The number of ether oxygens (including phenoxy) is 2. The molecule has 2 N–H and O–H groups in total. The summed E-state index contributed by atoms with van der Waals surface area (Å²) in [5, 5.41) is 10.8. The summed E-state index contributed by atoms with van der Waals surface area (Å²) in [6, 6.07) is 0. The molecule has 0 saturated heterocycles. The summed E-state index contributed by atoms with van der Waals surface area (Å²) in [6.45, 7) is 2.40. The van der Waals surface area contributed by atoms with E-state index in [0.717, 1.165) is 11.3 Å². The van der Waals surface area contributed by atoms with Crippen molar-refractivity contribution < 1.29 is 23.6 Å². The molecule has 0 saturated carbocycles. The number of carbonyl (C=O) groups excluding carboxylic acids is 1. The Morgan fingerprint density at radius 2 is 2.27 bits per heavy atom. The van der Waals surface area contributed by atoms with E-state index in [1.54, 1.807) is 6.92 Å². The maximum Gasteiger partial charge on any atom is 0.341 e. The maximum atomic E-state index is 12.5. The van der Waals surface area contributed by atoms with Gasteiger partial charge in [0.15, 0.2) is 4.77 Å². The fourth-order valence-electron chi connectivity index (χ4n) is 3.02. The molecule has 1 aliphatic rings. The van der Waals surface area contributed by atoms with Crippen LogP contribution in [0.15, 0.2) is 14.0 Å². The Morgan fingerprint density at radius 1 is 1.50 bits per heavy atom. The smallest absolute Gasteiger partial charge is 0.341 e. The van der Waals surface area contributed by atoms with E-state index in [9.17, 15) is 18.9 Å². The zero-order valence-electron chi connectivity index (χ0n) is 16.4. The number of nitrogens with zero attached hydrogens (tertiary/aromatic N) is 2. The van der Waals surface area contributed by atoms with Crippen LogP contribution in [0, 0.1) is 4.77 Å². The van der Waals surface area contributed by atoms with E-state index >= 15 is 0 Å². The van der Waals surface area contributed by atoms with Gasteiger partial charge in [-0.05, 0) is 37.5 Å². The monoisotopic (exact) mass is 471 g/mol. The van der Waals surface area contributed by atoms with Gasteiger partial charge in [0.2, 0.25) is 5.88 Å². The summed E-state index contributed by atoms with van der Waals surface area (Å²) < 4.78 is 24.5. The number of nitrogens with one attached hydrogen (secondary N) is 1. The van der Waals surface area contributed by atoms with Crippen LogP contribution >= 0.6 is 23.6 Å².